The Labute approximate surface area is 173 Å². The van der Waals surface area contributed by atoms with Gasteiger partial charge in [0.2, 0.25) is 5.95 Å². The van der Waals surface area contributed by atoms with Crippen molar-refractivity contribution in [2.75, 3.05) is 25.6 Å². The number of aromatic nitrogens is 5. The molecule has 0 unspecified atom stereocenters. The minimum absolute atomic E-state index is 0.464. The van der Waals surface area contributed by atoms with Crippen molar-refractivity contribution in [2.45, 2.75) is 13.2 Å². The zero-order valence-corrected chi connectivity index (χ0v) is 16.7. The molecule has 0 radical (unpaired) electrons. The van der Waals surface area contributed by atoms with Crippen molar-refractivity contribution in [3.05, 3.63) is 65.9 Å². The maximum Gasteiger partial charge on any atom is 0.229 e. The Bertz CT molecular complexity index is 1110. The fraction of sp³-hybridized carbons (Fsp3) is 0.238. The lowest BCUT2D eigenvalue weighted by atomic mass is 10.2. The molecule has 0 aliphatic heterocycles. The van der Waals surface area contributed by atoms with E-state index in [1.807, 2.05) is 48.5 Å². The van der Waals surface area contributed by atoms with Crippen LogP contribution in [0.15, 0.2) is 54.7 Å². The van der Waals surface area contributed by atoms with E-state index in [4.69, 9.17) is 15.2 Å². The molecule has 9 heteroatoms. The molecule has 0 bridgehead atoms. The van der Waals surface area contributed by atoms with Gasteiger partial charge < -0.3 is 20.5 Å². The lowest BCUT2D eigenvalue weighted by Crippen LogP contribution is -2.04. The van der Waals surface area contributed by atoms with E-state index in [-0.39, 0.29) is 0 Å². The van der Waals surface area contributed by atoms with Crippen LogP contribution in [0.4, 0.5) is 11.6 Å². The second-order valence-corrected chi connectivity index (χ2v) is 6.65. The fourth-order valence-electron chi connectivity index (χ4n) is 2.93. The zero-order valence-electron chi connectivity index (χ0n) is 16.7. The quantitative estimate of drug-likeness (QED) is 0.409. The molecule has 2 aromatic carbocycles. The predicted molar refractivity (Wildman–Crippen MR) is 114 cm³/mol. The standard InChI is InChI=1S/C21H23N7O2/c1-29-9-10-30-14-16-3-2-4-18(11-16)28-20-19(26-27-28)13-23-21(25-20)24-17-7-5-15(12-22)6-8-17/h2-8,11,13H,9-10,12,14,22H2,1H3,(H,23,24,25). The molecule has 3 N–H and O–H groups in total. The minimum atomic E-state index is 0.464. The molecule has 0 atom stereocenters. The Morgan fingerprint density at radius 3 is 2.73 bits per heavy atom. The molecule has 154 valence electrons. The molecule has 0 aliphatic carbocycles. The van der Waals surface area contributed by atoms with Gasteiger partial charge in [-0.15, -0.1) is 5.10 Å². The Morgan fingerprint density at radius 2 is 1.93 bits per heavy atom. The Kier molecular flexibility index (Phi) is 6.23. The van der Waals surface area contributed by atoms with Crippen LogP contribution in [0.25, 0.3) is 16.9 Å². The minimum Gasteiger partial charge on any atom is -0.382 e. The predicted octanol–water partition coefficient (Wildman–Crippen LogP) is 2.58. The summed E-state index contributed by atoms with van der Waals surface area (Å²) in [4.78, 5) is 8.94. The molecule has 0 saturated carbocycles. The van der Waals surface area contributed by atoms with Crippen LogP contribution < -0.4 is 11.1 Å². The highest BCUT2D eigenvalue weighted by atomic mass is 16.5. The van der Waals surface area contributed by atoms with Crippen molar-refractivity contribution in [3.8, 4) is 5.69 Å². The highest BCUT2D eigenvalue weighted by molar-refractivity contribution is 5.72. The van der Waals surface area contributed by atoms with Gasteiger partial charge in [0.15, 0.2) is 11.2 Å². The van der Waals surface area contributed by atoms with Crippen LogP contribution >= 0.6 is 0 Å². The van der Waals surface area contributed by atoms with Gasteiger partial charge >= 0.3 is 0 Å². The van der Waals surface area contributed by atoms with Crippen molar-refractivity contribution in [1.29, 1.82) is 0 Å². The van der Waals surface area contributed by atoms with Gasteiger partial charge in [-0.1, -0.05) is 29.5 Å². The fourth-order valence-corrected chi connectivity index (χ4v) is 2.93. The molecule has 0 fully saturated rings. The number of nitrogens with two attached hydrogens (primary N) is 1. The van der Waals surface area contributed by atoms with Gasteiger partial charge in [-0.2, -0.15) is 9.67 Å². The number of nitrogens with zero attached hydrogens (tertiary/aromatic N) is 5. The monoisotopic (exact) mass is 405 g/mol. The molecular weight excluding hydrogens is 382 g/mol. The number of nitrogens with one attached hydrogen (secondary N) is 1. The summed E-state index contributed by atoms with van der Waals surface area (Å²) in [6, 6.07) is 15.7. The molecule has 30 heavy (non-hydrogen) atoms. The van der Waals surface area contributed by atoms with E-state index in [1.165, 1.54) is 0 Å². The van der Waals surface area contributed by atoms with Crippen molar-refractivity contribution < 1.29 is 9.47 Å². The van der Waals surface area contributed by atoms with Gasteiger partial charge in [0.25, 0.3) is 0 Å². The molecule has 9 nitrogen and oxygen atoms in total. The first kappa shape index (κ1) is 19.9. The van der Waals surface area contributed by atoms with Crippen LogP contribution in [0.5, 0.6) is 0 Å². The molecule has 2 heterocycles. The second-order valence-electron chi connectivity index (χ2n) is 6.65. The maximum absolute atomic E-state index is 5.65. The molecule has 4 aromatic rings. The van der Waals surface area contributed by atoms with E-state index in [0.29, 0.717) is 43.5 Å². The Morgan fingerprint density at radius 1 is 1.07 bits per heavy atom. The lowest BCUT2D eigenvalue weighted by molar-refractivity contribution is 0.0616. The van der Waals surface area contributed by atoms with Gasteiger partial charge in [-0.25, -0.2) is 4.98 Å². The van der Waals surface area contributed by atoms with Gasteiger partial charge in [0.05, 0.1) is 31.7 Å². The average molecular weight is 405 g/mol. The Hall–Kier alpha value is -3.40. The number of hydrogen-bond donors (Lipinski definition) is 2. The normalized spacial score (nSPS) is 11.1. The summed E-state index contributed by atoms with van der Waals surface area (Å²) >= 11 is 0. The highest BCUT2D eigenvalue weighted by Crippen LogP contribution is 2.19. The van der Waals surface area contributed by atoms with E-state index in [1.54, 1.807) is 18.0 Å². The van der Waals surface area contributed by atoms with Crippen LogP contribution in [0.3, 0.4) is 0 Å². The number of hydrogen-bond acceptors (Lipinski definition) is 8. The first-order valence-corrected chi connectivity index (χ1v) is 9.57. The third-order valence-electron chi connectivity index (χ3n) is 4.49. The first-order chi connectivity index (χ1) is 14.8. The van der Waals surface area contributed by atoms with Crippen LogP contribution in [0.2, 0.25) is 0 Å². The number of anilines is 2. The SMILES string of the molecule is COCCOCc1cccc(-n2nnc3cnc(Nc4ccc(CN)cc4)nc32)c1. The summed E-state index contributed by atoms with van der Waals surface area (Å²) in [6.45, 7) is 2.10. The molecule has 0 aliphatic rings. The van der Waals surface area contributed by atoms with E-state index < -0.39 is 0 Å². The molecule has 0 saturated heterocycles. The highest BCUT2D eigenvalue weighted by Gasteiger charge is 2.11. The molecule has 0 amide bonds. The summed E-state index contributed by atoms with van der Waals surface area (Å²) in [7, 11) is 1.65. The largest absolute Gasteiger partial charge is 0.382 e. The van der Waals surface area contributed by atoms with Gasteiger partial charge in [-0.3, -0.25) is 0 Å². The van der Waals surface area contributed by atoms with Crippen LogP contribution in [0.1, 0.15) is 11.1 Å². The van der Waals surface area contributed by atoms with Crippen molar-refractivity contribution >= 4 is 22.8 Å². The van der Waals surface area contributed by atoms with Gasteiger partial charge in [0, 0.05) is 19.3 Å². The zero-order chi connectivity index (χ0) is 20.8. The first-order valence-electron chi connectivity index (χ1n) is 9.57. The lowest BCUT2D eigenvalue weighted by Gasteiger charge is -2.08. The molecule has 4 rings (SSSR count). The summed E-state index contributed by atoms with van der Waals surface area (Å²) in [6.07, 6.45) is 1.65. The molecule has 2 aromatic heterocycles. The van der Waals surface area contributed by atoms with Crippen LogP contribution in [-0.4, -0.2) is 45.3 Å². The van der Waals surface area contributed by atoms with Crippen molar-refractivity contribution in [2.24, 2.45) is 5.73 Å². The molecular formula is C21H23N7O2. The summed E-state index contributed by atoms with van der Waals surface area (Å²) < 4.78 is 12.3. The van der Waals surface area contributed by atoms with Crippen molar-refractivity contribution in [1.82, 2.24) is 25.0 Å². The average Bonchev–Trinajstić information content (AvgIpc) is 3.21. The third-order valence-corrected chi connectivity index (χ3v) is 4.49. The topological polar surface area (TPSA) is 113 Å². The van der Waals surface area contributed by atoms with Crippen molar-refractivity contribution in [3.63, 3.8) is 0 Å². The number of fused-ring (bicyclic) bond motifs is 1. The van der Waals surface area contributed by atoms with E-state index in [2.05, 4.69) is 25.6 Å². The summed E-state index contributed by atoms with van der Waals surface area (Å²) in [5.41, 5.74) is 10.7. The van der Waals surface area contributed by atoms with E-state index >= 15 is 0 Å². The van der Waals surface area contributed by atoms with Crippen LogP contribution in [0, 0.1) is 0 Å². The third kappa shape index (κ3) is 4.60. The maximum atomic E-state index is 5.65. The smallest absolute Gasteiger partial charge is 0.229 e. The second kappa shape index (κ2) is 9.40. The molecule has 0 spiro atoms. The Balaban J connectivity index is 1.57. The van der Waals surface area contributed by atoms with E-state index in [9.17, 15) is 0 Å². The van der Waals surface area contributed by atoms with Gasteiger partial charge in [-0.05, 0) is 35.4 Å². The number of benzene rings is 2. The number of methoxy groups -OCH3 is 1. The summed E-state index contributed by atoms with van der Waals surface area (Å²) in [5, 5.41) is 11.6. The van der Waals surface area contributed by atoms with E-state index in [0.717, 1.165) is 22.5 Å². The number of ether oxygens (including phenoxy) is 2. The summed E-state index contributed by atoms with van der Waals surface area (Å²) in [5.74, 6) is 0.464. The van der Waals surface area contributed by atoms with Gasteiger partial charge in [0.1, 0.15) is 0 Å². The van der Waals surface area contributed by atoms with Crippen LogP contribution in [-0.2, 0) is 22.6 Å². The number of rotatable bonds is 9.